The van der Waals surface area contributed by atoms with Gasteiger partial charge >= 0.3 is 5.97 Å². The fourth-order valence-corrected chi connectivity index (χ4v) is 2.62. The Balaban J connectivity index is 3.47. The van der Waals surface area contributed by atoms with E-state index >= 15 is 0 Å². The van der Waals surface area contributed by atoms with Gasteiger partial charge in [0, 0.05) is 13.0 Å². The Kier molecular flexibility index (Phi) is 15.9. The number of carbonyl (C=O) groups is 1. The van der Waals surface area contributed by atoms with Crippen LogP contribution in [-0.2, 0) is 4.79 Å². The van der Waals surface area contributed by atoms with Crippen molar-refractivity contribution in [1.29, 1.82) is 0 Å². The van der Waals surface area contributed by atoms with Crippen molar-refractivity contribution in [3.63, 3.8) is 0 Å². The van der Waals surface area contributed by atoms with Crippen LogP contribution in [0.2, 0.25) is 0 Å². The van der Waals surface area contributed by atoms with E-state index in [1.807, 2.05) is 0 Å². The second-order valence-corrected chi connectivity index (χ2v) is 6.27. The van der Waals surface area contributed by atoms with Gasteiger partial charge in [-0.2, -0.15) is 0 Å². The number of carboxylic acid groups (broad SMARTS) is 1. The largest absolute Gasteiger partial charge is 0.481 e. The fourth-order valence-electron chi connectivity index (χ4n) is 2.62. The van der Waals surface area contributed by atoms with Crippen LogP contribution in [0.25, 0.3) is 0 Å². The van der Waals surface area contributed by atoms with Gasteiger partial charge in [0.15, 0.2) is 0 Å². The van der Waals surface area contributed by atoms with E-state index in [9.17, 15) is 9.90 Å². The second-order valence-electron chi connectivity index (χ2n) is 6.27. The molecule has 0 heterocycles. The van der Waals surface area contributed by atoms with Crippen molar-refractivity contribution in [3.8, 4) is 0 Å². The van der Waals surface area contributed by atoms with Crippen LogP contribution in [0, 0.1) is 5.92 Å². The van der Waals surface area contributed by atoms with E-state index < -0.39 is 5.97 Å². The zero-order valence-corrected chi connectivity index (χ0v) is 14.4. The average Bonchev–Trinajstić information content (AvgIpc) is 2.50. The van der Waals surface area contributed by atoms with Gasteiger partial charge in [-0.3, -0.25) is 4.79 Å². The molecule has 1 atom stereocenters. The molecule has 0 aliphatic carbocycles. The Morgan fingerprint density at radius 3 is 2.27 bits per heavy atom. The lowest BCUT2D eigenvalue weighted by Crippen LogP contribution is -2.02. The number of aliphatic carboxylic acids is 1. The summed E-state index contributed by atoms with van der Waals surface area (Å²) in [6, 6.07) is 0. The van der Waals surface area contributed by atoms with Crippen LogP contribution in [0.4, 0.5) is 0 Å². The molecule has 0 aromatic rings. The Morgan fingerprint density at radius 2 is 1.59 bits per heavy atom. The molecule has 0 aromatic carbocycles. The minimum atomic E-state index is -0.694. The lowest BCUT2D eigenvalue weighted by atomic mass is 9.99. The van der Waals surface area contributed by atoms with E-state index in [1.165, 1.54) is 32.1 Å². The van der Waals surface area contributed by atoms with Crippen LogP contribution >= 0.6 is 0 Å². The van der Waals surface area contributed by atoms with Crippen molar-refractivity contribution in [2.45, 2.75) is 90.4 Å². The summed E-state index contributed by atoms with van der Waals surface area (Å²) >= 11 is 0. The second kappa shape index (κ2) is 16.5. The minimum absolute atomic E-state index is 0.241. The molecule has 0 aromatic heterocycles. The van der Waals surface area contributed by atoms with Gasteiger partial charge in [-0.05, 0) is 31.6 Å². The molecule has 0 rings (SSSR count). The van der Waals surface area contributed by atoms with Crippen LogP contribution in [-0.4, -0.2) is 22.8 Å². The molecule has 0 aliphatic heterocycles. The van der Waals surface area contributed by atoms with E-state index in [1.54, 1.807) is 0 Å². The van der Waals surface area contributed by atoms with Gasteiger partial charge in [-0.25, -0.2) is 0 Å². The van der Waals surface area contributed by atoms with Gasteiger partial charge in [0.1, 0.15) is 0 Å². The highest BCUT2D eigenvalue weighted by molar-refractivity contribution is 5.66. The Morgan fingerprint density at radius 1 is 0.955 bits per heavy atom. The summed E-state index contributed by atoms with van der Waals surface area (Å²) in [5, 5.41) is 17.9. The summed E-state index contributed by atoms with van der Waals surface area (Å²) in [6.45, 7) is 2.48. The van der Waals surface area contributed by atoms with E-state index in [-0.39, 0.29) is 6.61 Å². The molecule has 3 heteroatoms. The lowest BCUT2D eigenvalue weighted by molar-refractivity contribution is -0.137. The molecule has 130 valence electrons. The standard InChI is InChI=1S/C19H36O3/c1-2-3-4-5-6-8-11-14-18(17-20)15-12-9-7-10-13-16-19(21)22/h11,14,18,20H,2-10,12-13,15-17H2,1H3,(H,21,22). The van der Waals surface area contributed by atoms with Crippen molar-refractivity contribution in [3.05, 3.63) is 12.2 Å². The molecule has 2 N–H and O–H groups in total. The zero-order chi connectivity index (χ0) is 16.5. The summed E-state index contributed by atoms with van der Waals surface area (Å²) in [5.74, 6) is -0.394. The van der Waals surface area contributed by atoms with Crippen molar-refractivity contribution in [1.82, 2.24) is 0 Å². The van der Waals surface area contributed by atoms with Crippen molar-refractivity contribution < 1.29 is 15.0 Å². The molecule has 0 spiro atoms. The molecule has 0 saturated heterocycles. The quantitative estimate of drug-likeness (QED) is 0.299. The number of aliphatic hydroxyl groups excluding tert-OH is 1. The SMILES string of the molecule is CCCCCCCC=CC(CO)CCCCCCCC(=O)O. The van der Waals surface area contributed by atoms with Gasteiger partial charge in [0.2, 0.25) is 0 Å². The molecule has 0 fully saturated rings. The molecule has 3 nitrogen and oxygen atoms in total. The summed E-state index contributed by atoms with van der Waals surface area (Å²) in [4.78, 5) is 10.4. The van der Waals surface area contributed by atoms with Gasteiger partial charge < -0.3 is 10.2 Å². The van der Waals surface area contributed by atoms with Crippen LogP contribution in [0.1, 0.15) is 90.4 Å². The third-order valence-electron chi connectivity index (χ3n) is 4.08. The summed E-state index contributed by atoms with van der Waals surface area (Å²) < 4.78 is 0. The molecule has 0 amide bonds. The van der Waals surface area contributed by atoms with Crippen molar-refractivity contribution >= 4 is 5.97 Å². The molecule has 1 unspecified atom stereocenters. The Bertz CT molecular complexity index is 274. The minimum Gasteiger partial charge on any atom is -0.481 e. The predicted octanol–water partition coefficient (Wildman–Crippen LogP) is 5.33. The van der Waals surface area contributed by atoms with Crippen LogP contribution in [0.3, 0.4) is 0 Å². The summed E-state index contributed by atoms with van der Waals surface area (Å²) in [5.41, 5.74) is 0. The van der Waals surface area contributed by atoms with Crippen molar-refractivity contribution in [2.24, 2.45) is 5.92 Å². The van der Waals surface area contributed by atoms with E-state index in [0.717, 1.165) is 44.9 Å². The molecule has 22 heavy (non-hydrogen) atoms. The molecule has 0 radical (unpaired) electrons. The highest BCUT2D eigenvalue weighted by atomic mass is 16.4. The third kappa shape index (κ3) is 15.6. The molecule has 0 bridgehead atoms. The van der Waals surface area contributed by atoms with Crippen LogP contribution in [0.5, 0.6) is 0 Å². The first-order valence-corrected chi connectivity index (χ1v) is 9.20. The Labute approximate surface area is 136 Å². The van der Waals surface area contributed by atoms with Crippen molar-refractivity contribution in [2.75, 3.05) is 6.61 Å². The molecular formula is C19H36O3. The molecule has 0 aliphatic rings. The zero-order valence-electron chi connectivity index (χ0n) is 14.4. The molecular weight excluding hydrogens is 276 g/mol. The van der Waals surface area contributed by atoms with Crippen LogP contribution < -0.4 is 0 Å². The molecule has 0 saturated carbocycles. The fraction of sp³-hybridized carbons (Fsp3) is 0.842. The highest BCUT2D eigenvalue weighted by Crippen LogP contribution is 2.14. The van der Waals surface area contributed by atoms with Gasteiger partial charge in [0.05, 0.1) is 0 Å². The number of aliphatic hydroxyl groups is 1. The number of rotatable bonds is 16. The predicted molar refractivity (Wildman–Crippen MR) is 93.0 cm³/mol. The number of allylic oxidation sites excluding steroid dienone is 1. The number of hydrogen-bond acceptors (Lipinski definition) is 2. The van der Waals surface area contributed by atoms with Gasteiger partial charge in [0.25, 0.3) is 0 Å². The normalized spacial score (nSPS) is 12.8. The number of hydrogen-bond donors (Lipinski definition) is 2. The van der Waals surface area contributed by atoms with E-state index in [2.05, 4.69) is 19.1 Å². The van der Waals surface area contributed by atoms with Gasteiger partial charge in [-0.1, -0.05) is 70.4 Å². The topological polar surface area (TPSA) is 57.5 Å². The number of unbranched alkanes of at least 4 members (excludes halogenated alkanes) is 9. The monoisotopic (exact) mass is 312 g/mol. The van der Waals surface area contributed by atoms with Crippen LogP contribution in [0.15, 0.2) is 12.2 Å². The summed E-state index contributed by atoms with van der Waals surface area (Å²) in [7, 11) is 0. The first-order chi connectivity index (χ1) is 10.7. The van der Waals surface area contributed by atoms with Gasteiger partial charge in [-0.15, -0.1) is 0 Å². The first-order valence-electron chi connectivity index (χ1n) is 9.20. The van der Waals surface area contributed by atoms with E-state index in [4.69, 9.17) is 5.11 Å². The average molecular weight is 312 g/mol. The first kappa shape index (κ1) is 21.2. The third-order valence-corrected chi connectivity index (χ3v) is 4.08. The maximum absolute atomic E-state index is 10.4. The maximum atomic E-state index is 10.4. The lowest BCUT2D eigenvalue weighted by Gasteiger charge is -2.09. The highest BCUT2D eigenvalue weighted by Gasteiger charge is 2.03. The maximum Gasteiger partial charge on any atom is 0.303 e. The summed E-state index contributed by atoms with van der Waals surface area (Å²) in [6.07, 6.45) is 18.6. The van der Waals surface area contributed by atoms with E-state index in [0.29, 0.717) is 12.3 Å². The smallest absolute Gasteiger partial charge is 0.303 e. The Hall–Kier alpha value is -0.830. The number of carboxylic acids is 1.